The highest BCUT2D eigenvalue weighted by Gasteiger charge is 2.22. The summed E-state index contributed by atoms with van der Waals surface area (Å²) in [5.74, 6) is -0.00371. The summed E-state index contributed by atoms with van der Waals surface area (Å²) in [6, 6.07) is 3.23. The number of pyridine rings is 1. The normalized spacial score (nSPS) is 19.1. The number of hydrogen-bond donors (Lipinski definition) is 1. The number of sulfone groups is 1. The minimum Gasteiger partial charge on any atom is -0.324 e. The Hall–Kier alpha value is -1.14. The van der Waals surface area contributed by atoms with Crippen molar-refractivity contribution in [2.45, 2.75) is 50.9 Å². The smallest absolute Gasteiger partial charge is 0.250 e. The van der Waals surface area contributed by atoms with Crippen molar-refractivity contribution in [3.05, 3.63) is 33.7 Å². The zero-order chi connectivity index (χ0) is 14.9. The minimum absolute atomic E-state index is 0.00371. The van der Waals surface area contributed by atoms with Gasteiger partial charge in [0.1, 0.15) is 0 Å². The summed E-state index contributed by atoms with van der Waals surface area (Å²) in [4.78, 5) is 12.0. The van der Waals surface area contributed by atoms with Gasteiger partial charge in [-0.3, -0.25) is 4.79 Å². The van der Waals surface area contributed by atoms with Crippen molar-refractivity contribution in [1.29, 1.82) is 0 Å². The Morgan fingerprint density at radius 2 is 2.10 bits per heavy atom. The van der Waals surface area contributed by atoms with Crippen LogP contribution in [0.4, 0.5) is 0 Å². The van der Waals surface area contributed by atoms with E-state index in [1.54, 1.807) is 24.5 Å². The van der Waals surface area contributed by atoms with Crippen LogP contribution in [-0.2, 0) is 22.8 Å². The second kappa shape index (κ2) is 5.69. The Bertz CT molecular complexity index is 647. The number of hydrogen-bond acceptors (Lipinski definition) is 4. The standard InChI is InChI=1S/C14H22N2O3S/c1-10(2)20(18,19)9-8-16-13-5-3-4-12(15)11(13)6-7-14(16)17/h6-7,10,12H,3-5,8-9,15H2,1-2H3. The molecule has 1 aromatic rings. The molecule has 0 radical (unpaired) electrons. The Morgan fingerprint density at radius 1 is 1.40 bits per heavy atom. The molecule has 1 aliphatic carbocycles. The Balaban J connectivity index is 2.33. The Labute approximate surface area is 119 Å². The maximum atomic E-state index is 12.0. The highest BCUT2D eigenvalue weighted by Crippen LogP contribution is 2.26. The fraction of sp³-hybridized carbons (Fsp3) is 0.643. The fourth-order valence-corrected chi connectivity index (χ4v) is 3.51. The molecule has 0 aromatic carbocycles. The van der Waals surface area contributed by atoms with E-state index in [1.807, 2.05) is 0 Å². The Kier molecular flexibility index (Phi) is 4.34. The van der Waals surface area contributed by atoms with Crippen molar-refractivity contribution >= 4 is 9.84 Å². The third-order valence-electron chi connectivity index (χ3n) is 3.98. The molecule has 6 heteroatoms. The molecular weight excluding hydrogens is 276 g/mol. The molecule has 0 amide bonds. The maximum Gasteiger partial charge on any atom is 0.250 e. The van der Waals surface area contributed by atoms with Gasteiger partial charge in [0.05, 0.1) is 11.0 Å². The van der Waals surface area contributed by atoms with E-state index in [1.165, 1.54) is 6.07 Å². The van der Waals surface area contributed by atoms with E-state index >= 15 is 0 Å². The van der Waals surface area contributed by atoms with Gasteiger partial charge in [-0.15, -0.1) is 0 Å². The summed E-state index contributed by atoms with van der Waals surface area (Å²) in [6.45, 7) is 3.54. The van der Waals surface area contributed by atoms with Crippen LogP contribution in [0.2, 0.25) is 0 Å². The van der Waals surface area contributed by atoms with Crippen LogP contribution in [0.25, 0.3) is 0 Å². The second-order valence-corrected chi connectivity index (χ2v) is 8.32. The second-order valence-electron chi connectivity index (χ2n) is 5.64. The lowest BCUT2D eigenvalue weighted by molar-refractivity contribution is 0.522. The maximum absolute atomic E-state index is 12.0. The predicted molar refractivity (Wildman–Crippen MR) is 79.5 cm³/mol. The lowest BCUT2D eigenvalue weighted by Crippen LogP contribution is -2.32. The SMILES string of the molecule is CC(C)S(=O)(=O)CCn1c2c(ccc1=O)C(N)CCC2. The van der Waals surface area contributed by atoms with Crippen LogP contribution in [-0.4, -0.2) is 24.0 Å². The van der Waals surface area contributed by atoms with Crippen molar-refractivity contribution in [2.75, 3.05) is 5.75 Å². The minimum atomic E-state index is -3.14. The van der Waals surface area contributed by atoms with E-state index < -0.39 is 15.1 Å². The van der Waals surface area contributed by atoms with Crippen LogP contribution >= 0.6 is 0 Å². The first-order valence-electron chi connectivity index (χ1n) is 7.02. The van der Waals surface area contributed by atoms with Gasteiger partial charge >= 0.3 is 0 Å². The molecule has 1 unspecified atom stereocenters. The molecule has 2 rings (SSSR count). The number of nitrogens with zero attached hydrogens (tertiary/aromatic N) is 1. The van der Waals surface area contributed by atoms with Crippen molar-refractivity contribution in [1.82, 2.24) is 4.57 Å². The summed E-state index contributed by atoms with van der Waals surface area (Å²) in [7, 11) is -3.14. The molecule has 0 saturated heterocycles. The fourth-order valence-electron chi connectivity index (χ4n) is 2.60. The lowest BCUT2D eigenvalue weighted by Gasteiger charge is -2.25. The van der Waals surface area contributed by atoms with Gasteiger partial charge in [-0.1, -0.05) is 6.07 Å². The molecule has 112 valence electrons. The van der Waals surface area contributed by atoms with Crippen molar-refractivity contribution in [3.8, 4) is 0 Å². The predicted octanol–water partition coefficient (Wildman–Crippen LogP) is 1.01. The highest BCUT2D eigenvalue weighted by atomic mass is 32.2. The third-order valence-corrected chi connectivity index (χ3v) is 6.16. The van der Waals surface area contributed by atoms with Gasteiger partial charge in [-0.2, -0.15) is 0 Å². The molecule has 0 spiro atoms. The van der Waals surface area contributed by atoms with Gasteiger partial charge in [0, 0.05) is 24.3 Å². The van der Waals surface area contributed by atoms with E-state index in [2.05, 4.69) is 0 Å². The molecule has 0 fully saturated rings. The van der Waals surface area contributed by atoms with Gasteiger partial charge in [0.25, 0.3) is 5.56 Å². The van der Waals surface area contributed by atoms with E-state index in [9.17, 15) is 13.2 Å². The molecule has 0 saturated carbocycles. The first-order valence-corrected chi connectivity index (χ1v) is 8.74. The highest BCUT2D eigenvalue weighted by molar-refractivity contribution is 7.91. The number of nitrogens with two attached hydrogens (primary N) is 1. The molecule has 0 bridgehead atoms. The van der Waals surface area contributed by atoms with Crippen LogP contribution in [0.15, 0.2) is 16.9 Å². The van der Waals surface area contributed by atoms with Crippen LogP contribution in [0, 0.1) is 0 Å². The van der Waals surface area contributed by atoms with Crippen molar-refractivity contribution < 1.29 is 8.42 Å². The first-order chi connectivity index (χ1) is 9.33. The largest absolute Gasteiger partial charge is 0.324 e. The molecule has 1 aliphatic rings. The van der Waals surface area contributed by atoms with Crippen LogP contribution in [0.3, 0.4) is 0 Å². The molecule has 5 nitrogen and oxygen atoms in total. The summed E-state index contributed by atoms with van der Waals surface area (Å²) in [5, 5.41) is -0.417. The number of fused-ring (bicyclic) bond motifs is 1. The zero-order valence-corrected chi connectivity index (χ0v) is 12.8. The quantitative estimate of drug-likeness (QED) is 0.899. The summed E-state index contributed by atoms with van der Waals surface area (Å²) in [5.41, 5.74) is 7.82. The average Bonchev–Trinajstić information content (AvgIpc) is 2.37. The topological polar surface area (TPSA) is 82.2 Å². The number of aromatic nitrogens is 1. The Morgan fingerprint density at radius 3 is 2.75 bits per heavy atom. The van der Waals surface area contributed by atoms with Gasteiger partial charge in [-0.05, 0) is 38.7 Å². The molecule has 1 heterocycles. The lowest BCUT2D eigenvalue weighted by atomic mass is 9.91. The van der Waals surface area contributed by atoms with Crippen molar-refractivity contribution in [3.63, 3.8) is 0 Å². The molecule has 1 atom stereocenters. The van der Waals surface area contributed by atoms with Gasteiger partial charge in [-0.25, -0.2) is 8.42 Å². The monoisotopic (exact) mass is 298 g/mol. The van der Waals surface area contributed by atoms with Crippen LogP contribution in [0.5, 0.6) is 0 Å². The summed E-state index contributed by atoms with van der Waals surface area (Å²) in [6.07, 6.45) is 2.64. The van der Waals surface area contributed by atoms with Gasteiger partial charge in [0.2, 0.25) is 0 Å². The van der Waals surface area contributed by atoms with Crippen LogP contribution in [0.1, 0.15) is 44.0 Å². The van der Waals surface area contributed by atoms with Crippen LogP contribution < -0.4 is 11.3 Å². The first kappa shape index (κ1) is 15.3. The molecule has 1 aromatic heterocycles. The molecule has 2 N–H and O–H groups in total. The summed E-state index contributed by atoms with van der Waals surface area (Å²) >= 11 is 0. The van der Waals surface area contributed by atoms with Gasteiger partial charge < -0.3 is 10.3 Å². The number of rotatable bonds is 4. The van der Waals surface area contributed by atoms with E-state index in [4.69, 9.17) is 5.73 Å². The van der Waals surface area contributed by atoms with E-state index in [0.717, 1.165) is 30.5 Å². The third kappa shape index (κ3) is 2.96. The van der Waals surface area contributed by atoms with E-state index in [0.29, 0.717) is 0 Å². The molecular formula is C14H22N2O3S. The summed E-state index contributed by atoms with van der Waals surface area (Å²) < 4.78 is 25.4. The molecule has 20 heavy (non-hydrogen) atoms. The van der Waals surface area contributed by atoms with Crippen molar-refractivity contribution in [2.24, 2.45) is 5.73 Å². The van der Waals surface area contributed by atoms with Gasteiger partial charge in [0.15, 0.2) is 9.84 Å². The molecule has 0 aliphatic heterocycles. The zero-order valence-electron chi connectivity index (χ0n) is 12.0. The van der Waals surface area contributed by atoms with E-state index in [-0.39, 0.29) is 23.9 Å². The average molecular weight is 298 g/mol.